The molecule has 1 aliphatic heterocycles. The van der Waals surface area contributed by atoms with Gasteiger partial charge in [0.05, 0.1) is 17.5 Å². The number of phenols is 1. The summed E-state index contributed by atoms with van der Waals surface area (Å²) in [7, 11) is 3.01. The number of likely N-dealkylation sites (N-methyl/N-ethyl adjacent to an activating group) is 1. The second kappa shape index (κ2) is 10.2. The first-order valence-corrected chi connectivity index (χ1v) is 13.8. The maximum absolute atomic E-state index is 13.9. The van der Waals surface area contributed by atoms with E-state index in [2.05, 4.69) is 0 Å². The fourth-order valence-corrected chi connectivity index (χ4v) is 7.41. The number of alkyl halides is 3. The van der Waals surface area contributed by atoms with Crippen LogP contribution in [0.4, 0.5) is 13.2 Å². The van der Waals surface area contributed by atoms with Gasteiger partial charge in [0.25, 0.3) is 5.91 Å². The van der Waals surface area contributed by atoms with Crippen molar-refractivity contribution in [3.63, 3.8) is 0 Å². The first-order chi connectivity index (χ1) is 19.5. The van der Waals surface area contributed by atoms with Crippen molar-refractivity contribution < 1.29 is 48.0 Å². The van der Waals surface area contributed by atoms with Crippen molar-refractivity contribution >= 4 is 34.8 Å². The molecule has 10 nitrogen and oxygen atoms in total. The number of hydrogen-bond acceptors (Lipinski definition) is 9. The number of benzene rings is 1. The van der Waals surface area contributed by atoms with Crippen molar-refractivity contribution in [3.05, 3.63) is 44.7 Å². The number of carbonyl (C=O) groups excluding carboxylic acids is 3. The maximum atomic E-state index is 13.9. The van der Waals surface area contributed by atoms with E-state index in [1.165, 1.54) is 25.1 Å². The maximum Gasteiger partial charge on any atom is 0.391 e. The number of aromatic hydroxyl groups is 1. The van der Waals surface area contributed by atoms with E-state index in [1.807, 2.05) is 0 Å². The zero-order chi connectivity index (χ0) is 31.0. The summed E-state index contributed by atoms with van der Waals surface area (Å²) < 4.78 is 39.3. The van der Waals surface area contributed by atoms with Crippen LogP contribution in [-0.2, 0) is 27.3 Å². The second-order valence-electron chi connectivity index (χ2n) is 11.8. The molecule has 4 aliphatic rings. The average molecular weight is 614 g/mol. The molecule has 42 heavy (non-hydrogen) atoms. The Morgan fingerprint density at radius 2 is 1.81 bits per heavy atom. The molecule has 6 N–H and O–H groups in total. The molecule has 0 unspecified atom stereocenters. The van der Waals surface area contributed by atoms with Crippen LogP contribution in [0, 0.1) is 17.8 Å². The summed E-state index contributed by atoms with van der Waals surface area (Å²) in [6, 6.07) is 0.0698. The summed E-state index contributed by atoms with van der Waals surface area (Å²) in [6.07, 6.45) is -4.46. The summed E-state index contributed by atoms with van der Waals surface area (Å²) in [6.45, 7) is 0.504. The predicted molar refractivity (Wildman–Crippen MR) is 143 cm³/mol. The lowest BCUT2D eigenvalue weighted by atomic mass is 9.57. The molecule has 4 atom stereocenters. The smallest absolute Gasteiger partial charge is 0.391 e. The average Bonchev–Trinajstić information content (AvgIpc) is 2.88. The highest BCUT2D eigenvalue weighted by Gasteiger charge is 2.64. The number of rotatable bonds is 4. The van der Waals surface area contributed by atoms with Gasteiger partial charge in [0.1, 0.15) is 22.8 Å². The standard InChI is InChI=1S/C28H31ClF3N3O7/c1-34(2)21-15-8-11-7-14-18(22(37)17(11)24(39)27(15,42)25(40)19(23(21)38)26(33)41)16(36)9-12(20(14)29)10-35-5-3-13(4-6-35)28(30,31)32/h9,11,13,15,21,36-37,40,42H,3-8,10H2,1-2H3,(H2,33,41)/t11-,15-,21-,27-/m0/s1. The summed E-state index contributed by atoms with van der Waals surface area (Å²) in [5.41, 5.74) is 1.98. The highest BCUT2D eigenvalue weighted by molar-refractivity contribution is 6.32. The van der Waals surface area contributed by atoms with E-state index in [4.69, 9.17) is 17.3 Å². The number of primary amides is 1. The number of phenolic OH excluding ortho intramolecular Hbond substituents is 1. The minimum absolute atomic E-state index is 0.0188. The zero-order valence-corrected chi connectivity index (χ0v) is 23.6. The highest BCUT2D eigenvalue weighted by atomic mass is 35.5. The van der Waals surface area contributed by atoms with Crippen LogP contribution in [0.25, 0.3) is 5.76 Å². The van der Waals surface area contributed by atoms with E-state index in [-0.39, 0.29) is 61.5 Å². The normalized spacial score (nSPS) is 29.1. The predicted octanol–water partition coefficient (Wildman–Crippen LogP) is 2.39. The molecule has 1 heterocycles. The molecule has 228 valence electrons. The number of fused-ring (bicyclic) bond motifs is 3. The number of nitrogens with zero attached hydrogens (tertiary/aromatic N) is 2. The summed E-state index contributed by atoms with van der Waals surface area (Å²) in [5, 5.41) is 44.9. The topological polar surface area (TPSA) is 165 Å². The molecule has 1 saturated heterocycles. The van der Waals surface area contributed by atoms with Crippen molar-refractivity contribution in [2.45, 2.75) is 50.0 Å². The van der Waals surface area contributed by atoms with Crippen molar-refractivity contribution in [3.8, 4) is 5.75 Å². The van der Waals surface area contributed by atoms with Crippen LogP contribution in [0.15, 0.2) is 23.0 Å². The molecule has 0 bridgehead atoms. The minimum Gasteiger partial charge on any atom is -0.508 e. The molecule has 1 aromatic rings. The number of nitrogens with two attached hydrogens (primary N) is 1. The third kappa shape index (κ3) is 4.48. The van der Waals surface area contributed by atoms with E-state index >= 15 is 0 Å². The van der Waals surface area contributed by atoms with Crippen LogP contribution in [0.2, 0.25) is 5.02 Å². The largest absolute Gasteiger partial charge is 0.508 e. The minimum atomic E-state index is -4.26. The van der Waals surface area contributed by atoms with Crippen LogP contribution in [0.3, 0.4) is 0 Å². The number of likely N-dealkylation sites (tertiary alicyclic amines) is 1. The molecule has 1 amide bonds. The van der Waals surface area contributed by atoms with Gasteiger partial charge in [-0.3, -0.25) is 24.2 Å². The van der Waals surface area contributed by atoms with Crippen LogP contribution in [-0.4, -0.2) is 92.7 Å². The Bertz CT molecular complexity index is 1450. The van der Waals surface area contributed by atoms with Crippen LogP contribution >= 0.6 is 11.6 Å². The number of hydrogen-bond donors (Lipinski definition) is 5. The molecule has 2 fully saturated rings. The van der Waals surface area contributed by atoms with E-state index in [0.29, 0.717) is 11.1 Å². The van der Waals surface area contributed by atoms with Crippen molar-refractivity contribution in [1.29, 1.82) is 0 Å². The number of aliphatic hydroxyl groups excluding tert-OH is 2. The van der Waals surface area contributed by atoms with Gasteiger partial charge in [-0.1, -0.05) is 11.6 Å². The Balaban J connectivity index is 1.54. The van der Waals surface area contributed by atoms with E-state index < -0.39 is 75.9 Å². The lowest BCUT2D eigenvalue weighted by Crippen LogP contribution is -2.65. The molecule has 1 aromatic carbocycles. The monoisotopic (exact) mass is 613 g/mol. The van der Waals surface area contributed by atoms with Gasteiger partial charge in [0.15, 0.2) is 11.4 Å². The number of Topliss-reactive ketones (excluding diaryl/α,β-unsaturated/α-hetero) is 2. The van der Waals surface area contributed by atoms with E-state index in [9.17, 15) is 48.0 Å². The number of amides is 1. The molecule has 0 spiro atoms. The van der Waals surface area contributed by atoms with Gasteiger partial charge in [-0.05, 0) is 76.0 Å². The first kappa shape index (κ1) is 30.3. The Hall–Kier alpha value is -3.13. The summed E-state index contributed by atoms with van der Waals surface area (Å²) >= 11 is 6.75. The van der Waals surface area contributed by atoms with Gasteiger partial charge in [0.2, 0.25) is 5.78 Å². The summed E-state index contributed by atoms with van der Waals surface area (Å²) in [4.78, 5) is 42.3. The zero-order valence-electron chi connectivity index (χ0n) is 22.8. The van der Waals surface area contributed by atoms with Gasteiger partial charge in [0, 0.05) is 23.1 Å². The van der Waals surface area contributed by atoms with Crippen molar-refractivity contribution in [2.24, 2.45) is 23.5 Å². The van der Waals surface area contributed by atoms with Crippen molar-refractivity contribution in [2.75, 3.05) is 27.2 Å². The highest BCUT2D eigenvalue weighted by Crippen LogP contribution is 2.53. The lowest BCUT2D eigenvalue weighted by molar-refractivity contribution is -0.185. The number of aliphatic hydroxyl groups is 3. The SMILES string of the molecule is CN(C)[C@@H]1C(=O)C(C(N)=O)=C(O)[C@@]2(O)C(=O)C3=C(O)c4c(O)cc(CN5CCC(C(F)(F)F)CC5)c(Cl)c4C[C@H]3C[C@@H]12. The number of halogens is 4. The lowest BCUT2D eigenvalue weighted by Gasteiger charge is -2.50. The summed E-state index contributed by atoms with van der Waals surface area (Å²) in [5.74, 6) is -8.96. The molecular formula is C28H31ClF3N3O7. The van der Waals surface area contributed by atoms with Gasteiger partial charge >= 0.3 is 6.18 Å². The molecule has 14 heteroatoms. The molecule has 5 rings (SSSR count). The van der Waals surface area contributed by atoms with E-state index in [1.54, 1.807) is 4.90 Å². The van der Waals surface area contributed by atoms with E-state index in [0.717, 1.165) is 0 Å². The quantitative estimate of drug-likeness (QED) is 0.321. The molecular weight excluding hydrogens is 583 g/mol. The molecule has 0 radical (unpaired) electrons. The van der Waals surface area contributed by atoms with Gasteiger partial charge < -0.3 is 26.2 Å². The number of carbonyl (C=O) groups is 3. The van der Waals surface area contributed by atoms with Crippen LogP contribution < -0.4 is 5.73 Å². The van der Waals surface area contributed by atoms with Gasteiger partial charge in [-0.2, -0.15) is 13.2 Å². The van der Waals surface area contributed by atoms with Gasteiger partial charge in [-0.25, -0.2) is 0 Å². The third-order valence-electron chi connectivity index (χ3n) is 9.17. The number of ketones is 2. The van der Waals surface area contributed by atoms with Crippen LogP contribution in [0.1, 0.15) is 36.0 Å². The molecule has 0 aromatic heterocycles. The Labute approximate surface area is 243 Å². The molecule has 3 aliphatic carbocycles. The van der Waals surface area contributed by atoms with Gasteiger partial charge in [-0.15, -0.1) is 0 Å². The Morgan fingerprint density at radius 1 is 1.19 bits per heavy atom. The fourth-order valence-electron chi connectivity index (χ4n) is 7.12. The van der Waals surface area contributed by atoms with Crippen LogP contribution in [0.5, 0.6) is 5.75 Å². The third-order valence-corrected chi connectivity index (χ3v) is 9.64. The molecule has 1 saturated carbocycles. The first-order valence-electron chi connectivity index (χ1n) is 13.5. The Morgan fingerprint density at radius 3 is 2.36 bits per heavy atom. The number of piperidine rings is 1. The second-order valence-corrected chi connectivity index (χ2v) is 12.2. The van der Waals surface area contributed by atoms with Crippen molar-refractivity contribution in [1.82, 2.24) is 9.80 Å². The Kier molecular flexibility index (Phi) is 7.40. The fraction of sp³-hybridized carbons (Fsp3) is 0.536.